The lowest BCUT2D eigenvalue weighted by molar-refractivity contribution is 0.750. The minimum absolute atomic E-state index is 0.0730. The largest absolute Gasteiger partial charge is 0.294 e. The third-order valence-electron chi connectivity index (χ3n) is 4.00. The van der Waals surface area contributed by atoms with E-state index in [1.54, 1.807) is 23.0 Å². The molecule has 2 aromatic carbocycles. The fraction of sp³-hybridized carbons (Fsp3) is 0.0526. The van der Waals surface area contributed by atoms with Crippen LogP contribution in [0.3, 0.4) is 0 Å². The van der Waals surface area contributed by atoms with Crippen molar-refractivity contribution in [2.24, 2.45) is 0 Å². The highest BCUT2D eigenvalue weighted by Crippen LogP contribution is 2.30. The van der Waals surface area contributed by atoms with Gasteiger partial charge in [-0.05, 0) is 23.3 Å². The summed E-state index contributed by atoms with van der Waals surface area (Å²) in [5.74, 6) is 0. The smallest absolute Gasteiger partial charge is 0.263 e. The zero-order chi connectivity index (χ0) is 17.4. The normalized spacial score (nSPS) is 11.1. The number of thiophene rings is 1. The first-order chi connectivity index (χ1) is 12.1. The van der Waals surface area contributed by atoms with Gasteiger partial charge in [0.05, 0.1) is 18.3 Å². The summed E-state index contributed by atoms with van der Waals surface area (Å²) in [5.41, 5.74) is 2.67. The summed E-state index contributed by atoms with van der Waals surface area (Å²) in [5, 5.41) is 3.73. The number of rotatable bonds is 3. The van der Waals surface area contributed by atoms with Gasteiger partial charge in [-0.2, -0.15) is 0 Å². The van der Waals surface area contributed by atoms with Crippen LogP contribution in [-0.4, -0.2) is 9.55 Å². The highest BCUT2D eigenvalue weighted by atomic mass is 35.5. The van der Waals surface area contributed by atoms with Crippen LogP contribution in [0.25, 0.3) is 21.3 Å². The van der Waals surface area contributed by atoms with Crippen molar-refractivity contribution < 1.29 is 0 Å². The summed E-state index contributed by atoms with van der Waals surface area (Å²) in [4.78, 5) is 18.2. The lowest BCUT2D eigenvalue weighted by atomic mass is 10.1. The van der Waals surface area contributed by atoms with E-state index in [9.17, 15) is 4.79 Å². The quantitative estimate of drug-likeness (QED) is 0.467. The molecule has 0 aliphatic heterocycles. The molecule has 4 rings (SSSR count). The molecule has 0 saturated heterocycles. The van der Waals surface area contributed by atoms with E-state index in [-0.39, 0.29) is 5.56 Å². The highest BCUT2D eigenvalue weighted by molar-refractivity contribution is 7.17. The monoisotopic (exact) mass is 386 g/mol. The Morgan fingerprint density at radius 1 is 1.08 bits per heavy atom. The molecule has 0 radical (unpaired) electrons. The molecular formula is C19H12Cl2N2OS. The maximum Gasteiger partial charge on any atom is 0.263 e. The Kier molecular flexibility index (Phi) is 4.34. The van der Waals surface area contributed by atoms with Gasteiger partial charge in [0, 0.05) is 21.0 Å². The fourth-order valence-electron chi connectivity index (χ4n) is 2.74. The van der Waals surface area contributed by atoms with E-state index in [1.807, 2.05) is 41.8 Å². The van der Waals surface area contributed by atoms with Crippen LogP contribution in [0.15, 0.2) is 65.0 Å². The Labute approximate surface area is 158 Å². The molecule has 0 aliphatic rings. The summed E-state index contributed by atoms with van der Waals surface area (Å²) in [7, 11) is 0. The molecule has 6 heteroatoms. The van der Waals surface area contributed by atoms with E-state index < -0.39 is 0 Å². The molecule has 25 heavy (non-hydrogen) atoms. The van der Waals surface area contributed by atoms with Crippen LogP contribution in [0.2, 0.25) is 10.0 Å². The molecular weight excluding hydrogens is 375 g/mol. The maximum absolute atomic E-state index is 13.0. The topological polar surface area (TPSA) is 34.9 Å². The molecule has 0 bridgehead atoms. The summed E-state index contributed by atoms with van der Waals surface area (Å²) >= 11 is 13.7. The average Bonchev–Trinajstić information content (AvgIpc) is 3.05. The molecule has 0 amide bonds. The lowest BCUT2D eigenvalue weighted by Gasteiger charge is -2.08. The van der Waals surface area contributed by atoms with E-state index in [0.717, 1.165) is 21.5 Å². The number of halogens is 2. The highest BCUT2D eigenvalue weighted by Gasteiger charge is 2.14. The third-order valence-corrected chi connectivity index (χ3v) is 5.47. The van der Waals surface area contributed by atoms with Gasteiger partial charge in [0.1, 0.15) is 4.83 Å². The first-order valence-corrected chi connectivity index (χ1v) is 9.23. The van der Waals surface area contributed by atoms with Crippen molar-refractivity contribution in [2.45, 2.75) is 6.54 Å². The standard InChI is InChI=1S/C19H12Cl2N2OS/c20-14-7-6-13(16(21)8-14)9-23-11-22-18-17(19(23)24)15(10-25-18)12-4-2-1-3-5-12/h1-8,10-11H,9H2. The minimum atomic E-state index is -0.0730. The van der Waals surface area contributed by atoms with Gasteiger partial charge in [-0.1, -0.05) is 59.6 Å². The SMILES string of the molecule is O=c1c2c(-c3ccccc3)csc2ncn1Cc1ccc(Cl)cc1Cl. The summed E-state index contributed by atoms with van der Waals surface area (Å²) in [6.07, 6.45) is 1.57. The van der Waals surface area contributed by atoms with Gasteiger partial charge in [0.25, 0.3) is 5.56 Å². The fourth-order valence-corrected chi connectivity index (χ4v) is 4.12. The van der Waals surface area contributed by atoms with E-state index >= 15 is 0 Å². The minimum Gasteiger partial charge on any atom is -0.294 e. The molecule has 2 heterocycles. The van der Waals surface area contributed by atoms with Crippen LogP contribution < -0.4 is 5.56 Å². The Morgan fingerprint density at radius 2 is 1.88 bits per heavy atom. The van der Waals surface area contributed by atoms with Gasteiger partial charge in [0.2, 0.25) is 0 Å². The Bertz CT molecular complexity index is 1120. The molecule has 124 valence electrons. The molecule has 4 aromatic rings. The molecule has 3 nitrogen and oxygen atoms in total. The number of fused-ring (bicyclic) bond motifs is 1. The summed E-state index contributed by atoms with van der Waals surface area (Å²) in [6.45, 7) is 0.349. The number of hydrogen-bond donors (Lipinski definition) is 0. The predicted octanol–water partition coefficient (Wildman–Crippen LogP) is 5.48. The lowest BCUT2D eigenvalue weighted by Crippen LogP contribution is -2.21. The third kappa shape index (κ3) is 3.09. The second-order valence-electron chi connectivity index (χ2n) is 5.61. The van der Waals surface area contributed by atoms with Crippen LogP contribution in [0, 0.1) is 0 Å². The van der Waals surface area contributed by atoms with Crippen LogP contribution >= 0.6 is 34.5 Å². The van der Waals surface area contributed by atoms with Crippen molar-refractivity contribution in [1.29, 1.82) is 0 Å². The Hall–Kier alpha value is -2.14. The van der Waals surface area contributed by atoms with Crippen molar-refractivity contribution in [1.82, 2.24) is 9.55 Å². The number of aromatic nitrogens is 2. The van der Waals surface area contributed by atoms with Crippen molar-refractivity contribution in [3.8, 4) is 11.1 Å². The molecule has 0 N–H and O–H groups in total. The molecule has 0 fully saturated rings. The van der Waals surface area contributed by atoms with E-state index in [4.69, 9.17) is 23.2 Å². The van der Waals surface area contributed by atoms with Gasteiger partial charge >= 0.3 is 0 Å². The Balaban J connectivity index is 1.84. The number of benzene rings is 2. The molecule has 0 saturated carbocycles. The van der Waals surface area contributed by atoms with Gasteiger partial charge < -0.3 is 0 Å². The van der Waals surface area contributed by atoms with Gasteiger partial charge in [-0.3, -0.25) is 9.36 Å². The molecule has 0 aliphatic carbocycles. The first kappa shape index (κ1) is 16.3. The van der Waals surface area contributed by atoms with Crippen LogP contribution in [0.4, 0.5) is 0 Å². The van der Waals surface area contributed by atoms with Gasteiger partial charge in [-0.15, -0.1) is 11.3 Å². The molecule has 2 aromatic heterocycles. The zero-order valence-electron chi connectivity index (χ0n) is 12.9. The molecule has 0 unspecified atom stereocenters. The second kappa shape index (κ2) is 6.64. The number of nitrogens with zero attached hydrogens (tertiary/aromatic N) is 2. The van der Waals surface area contributed by atoms with Crippen molar-refractivity contribution in [3.63, 3.8) is 0 Å². The summed E-state index contributed by atoms with van der Waals surface area (Å²) in [6, 6.07) is 15.1. The predicted molar refractivity (Wildman–Crippen MR) is 105 cm³/mol. The van der Waals surface area contributed by atoms with Crippen molar-refractivity contribution in [3.05, 3.63) is 86.2 Å². The Morgan fingerprint density at radius 3 is 2.64 bits per heavy atom. The van der Waals surface area contributed by atoms with Crippen molar-refractivity contribution in [2.75, 3.05) is 0 Å². The maximum atomic E-state index is 13.0. The molecule has 0 spiro atoms. The van der Waals surface area contributed by atoms with Gasteiger partial charge in [0.15, 0.2) is 0 Å². The van der Waals surface area contributed by atoms with E-state index in [2.05, 4.69) is 4.98 Å². The van der Waals surface area contributed by atoms with Crippen LogP contribution in [0.5, 0.6) is 0 Å². The first-order valence-electron chi connectivity index (χ1n) is 7.59. The zero-order valence-corrected chi connectivity index (χ0v) is 15.3. The average molecular weight is 387 g/mol. The van der Waals surface area contributed by atoms with Crippen molar-refractivity contribution >= 4 is 44.8 Å². The second-order valence-corrected chi connectivity index (χ2v) is 7.31. The molecule has 0 atom stereocenters. The van der Waals surface area contributed by atoms with E-state index in [1.165, 1.54) is 11.3 Å². The van der Waals surface area contributed by atoms with E-state index in [0.29, 0.717) is 22.0 Å². The van der Waals surface area contributed by atoms with Crippen LogP contribution in [-0.2, 0) is 6.54 Å². The van der Waals surface area contributed by atoms with Gasteiger partial charge in [-0.25, -0.2) is 4.98 Å². The summed E-state index contributed by atoms with van der Waals surface area (Å²) < 4.78 is 1.58. The van der Waals surface area contributed by atoms with Crippen LogP contribution in [0.1, 0.15) is 5.56 Å². The number of hydrogen-bond acceptors (Lipinski definition) is 3.